The number of nitrogens with one attached hydrogen (secondary N) is 1. The Bertz CT molecular complexity index is 373. The Morgan fingerprint density at radius 3 is 2.38 bits per heavy atom. The maximum atomic E-state index is 11.2. The fourth-order valence-electron chi connectivity index (χ4n) is 1.11. The van der Waals surface area contributed by atoms with Gasteiger partial charge in [0, 0.05) is 5.69 Å². The van der Waals surface area contributed by atoms with Gasteiger partial charge in [-0.1, -0.05) is 0 Å². The van der Waals surface area contributed by atoms with Crippen molar-refractivity contribution in [2.45, 2.75) is 6.92 Å². The number of benzene rings is 1. The van der Waals surface area contributed by atoms with E-state index >= 15 is 0 Å². The van der Waals surface area contributed by atoms with E-state index in [0.29, 0.717) is 18.0 Å². The van der Waals surface area contributed by atoms with Gasteiger partial charge in [-0.2, -0.15) is 0 Å². The van der Waals surface area contributed by atoms with E-state index in [1.165, 1.54) is 0 Å². The number of amides is 1. The minimum absolute atomic E-state index is 0.338. The highest BCUT2D eigenvalue weighted by molar-refractivity contribution is 9.11. The third-order valence-corrected chi connectivity index (χ3v) is 2.90. The van der Waals surface area contributed by atoms with E-state index in [2.05, 4.69) is 37.2 Å². The van der Waals surface area contributed by atoms with Crippen LogP contribution in [0.4, 0.5) is 10.5 Å². The molecule has 0 aliphatic heterocycles. The predicted octanol–water partition coefficient (Wildman–Crippen LogP) is 3.79. The Kier molecular flexibility index (Phi) is 5.08. The number of methoxy groups -OCH3 is 1. The number of ether oxygens (including phenoxy) is 2. The fraction of sp³-hybridized carbons (Fsp3) is 0.300. The number of hydrogen-bond donors (Lipinski definition) is 1. The lowest BCUT2D eigenvalue weighted by molar-refractivity contribution is 0.168. The summed E-state index contributed by atoms with van der Waals surface area (Å²) in [5.41, 5.74) is 0.623. The maximum Gasteiger partial charge on any atom is 0.411 e. The van der Waals surface area contributed by atoms with Crippen LogP contribution in [0.5, 0.6) is 5.75 Å². The molecule has 1 amide bonds. The number of carbonyl (C=O) groups is 1. The molecule has 0 heterocycles. The van der Waals surface area contributed by atoms with Gasteiger partial charge in [-0.15, -0.1) is 0 Å². The number of hydrogen-bond acceptors (Lipinski definition) is 3. The SMILES string of the molecule is CCOC(=O)Nc1cc(Br)c(OC)c(Br)c1. The molecule has 16 heavy (non-hydrogen) atoms. The molecule has 6 heteroatoms. The Hall–Kier alpha value is -0.750. The summed E-state index contributed by atoms with van der Waals surface area (Å²) in [4.78, 5) is 11.2. The molecule has 88 valence electrons. The Labute approximate surface area is 111 Å². The molecular formula is C10H11Br2NO3. The van der Waals surface area contributed by atoms with Crippen molar-refractivity contribution in [1.82, 2.24) is 0 Å². The predicted molar refractivity (Wildman–Crippen MR) is 69.0 cm³/mol. The summed E-state index contributed by atoms with van der Waals surface area (Å²) in [5.74, 6) is 0.675. The van der Waals surface area contributed by atoms with Crippen LogP contribution < -0.4 is 10.1 Å². The van der Waals surface area contributed by atoms with Crippen molar-refractivity contribution in [3.05, 3.63) is 21.1 Å². The van der Waals surface area contributed by atoms with Crippen molar-refractivity contribution in [3.8, 4) is 5.75 Å². The first-order chi connectivity index (χ1) is 7.58. The third-order valence-electron chi connectivity index (χ3n) is 1.72. The highest BCUT2D eigenvalue weighted by Gasteiger charge is 2.09. The average Bonchev–Trinajstić information content (AvgIpc) is 2.17. The summed E-state index contributed by atoms with van der Waals surface area (Å²) >= 11 is 6.68. The van der Waals surface area contributed by atoms with Crippen LogP contribution in [0.2, 0.25) is 0 Å². The highest BCUT2D eigenvalue weighted by Crippen LogP contribution is 2.36. The van der Waals surface area contributed by atoms with Gasteiger partial charge in [-0.25, -0.2) is 4.79 Å². The highest BCUT2D eigenvalue weighted by atomic mass is 79.9. The molecule has 0 fully saturated rings. The van der Waals surface area contributed by atoms with Gasteiger partial charge in [0.1, 0.15) is 5.75 Å². The first-order valence-corrected chi connectivity index (χ1v) is 6.14. The summed E-state index contributed by atoms with van der Waals surface area (Å²) in [5, 5.41) is 2.60. The molecule has 1 N–H and O–H groups in total. The fourth-order valence-corrected chi connectivity index (χ4v) is 2.62. The van der Waals surface area contributed by atoms with Crippen molar-refractivity contribution in [2.24, 2.45) is 0 Å². The van der Waals surface area contributed by atoms with Gasteiger partial charge in [-0.05, 0) is 50.9 Å². The Morgan fingerprint density at radius 2 is 1.94 bits per heavy atom. The lowest BCUT2D eigenvalue weighted by Gasteiger charge is -2.10. The second-order valence-electron chi connectivity index (χ2n) is 2.82. The van der Waals surface area contributed by atoms with Gasteiger partial charge >= 0.3 is 6.09 Å². The molecular weight excluding hydrogens is 342 g/mol. The quantitative estimate of drug-likeness (QED) is 0.900. The summed E-state index contributed by atoms with van der Waals surface area (Å²) in [6, 6.07) is 3.47. The molecule has 0 saturated carbocycles. The molecule has 0 spiro atoms. The lowest BCUT2D eigenvalue weighted by Crippen LogP contribution is -2.13. The lowest BCUT2D eigenvalue weighted by atomic mass is 10.3. The van der Waals surface area contributed by atoms with Gasteiger partial charge < -0.3 is 9.47 Å². The third kappa shape index (κ3) is 3.38. The Morgan fingerprint density at radius 1 is 1.38 bits per heavy atom. The second-order valence-corrected chi connectivity index (χ2v) is 4.53. The zero-order valence-electron chi connectivity index (χ0n) is 8.84. The van der Waals surface area contributed by atoms with E-state index in [1.54, 1.807) is 26.2 Å². The molecule has 4 nitrogen and oxygen atoms in total. The van der Waals surface area contributed by atoms with Crippen LogP contribution >= 0.6 is 31.9 Å². The molecule has 0 radical (unpaired) electrons. The van der Waals surface area contributed by atoms with Crippen LogP contribution in [0.15, 0.2) is 21.1 Å². The zero-order chi connectivity index (χ0) is 12.1. The number of rotatable bonds is 3. The van der Waals surface area contributed by atoms with Crippen LogP contribution in [0.3, 0.4) is 0 Å². The van der Waals surface area contributed by atoms with E-state index in [0.717, 1.165) is 8.95 Å². The summed E-state index contributed by atoms with van der Waals surface area (Å²) in [6.07, 6.45) is -0.480. The molecule has 0 bridgehead atoms. The first kappa shape index (κ1) is 13.3. The van der Waals surface area contributed by atoms with Crippen molar-refractivity contribution in [3.63, 3.8) is 0 Å². The molecule has 0 aromatic heterocycles. The summed E-state index contributed by atoms with van der Waals surface area (Å²) < 4.78 is 11.4. The Balaban J connectivity index is 2.87. The van der Waals surface area contributed by atoms with Crippen molar-refractivity contribution >= 4 is 43.6 Å². The molecule has 1 rings (SSSR count). The minimum atomic E-state index is -0.480. The van der Waals surface area contributed by atoms with E-state index in [4.69, 9.17) is 9.47 Å². The number of anilines is 1. The number of halogens is 2. The van der Waals surface area contributed by atoms with Gasteiger partial charge in [0.25, 0.3) is 0 Å². The van der Waals surface area contributed by atoms with E-state index in [1.807, 2.05) is 0 Å². The van der Waals surface area contributed by atoms with Crippen LogP contribution in [-0.2, 0) is 4.74 Å². The van der Waals surface area contributed by atoms with Crippen molar-refractivity contribution in [1.29, 1.82) is 0 Å². The van der Waals surface area contributed by atoms with Crippen LogP contribution in [0.25, 0.3) is 0 Å². The first-order valence-electron chi connectivity index (χ1n) is 4.55. The molecule has 1 aromatic rings. The van der Waals surface area contributed by atoms with E-state index in [9.17, 15) is 4.79 Å². The summed E-state index contributed by atoms with van der Waals surface area (Å²) in [6.45, 7) is 2.09. The maximum absolute atomic E-state index is 11.2. The molecule has 0 unspecified atom stereocenters. The van der Waals surface area contributed by atoms with Gasteiger partial charge in [0.2, 0.25) is 0 Å². The van der Waals surface area contributed by atoms with Crippen LogP contribution in [0, 0.1) is 0 Å². The molecule has 1 aromatic carbocycles. The normalized spacial score (nSPS) is 9.75. The number of carbonyl (C=O) groups excluding carboxylic acids is 1. The van der Waals surface area contributed by atoms with Gasteiger partial charge in [0.15, 0.2) is 0 Å². The minimum Gasteiger partial charge on any atom is -0.494 e. The van der Waals surface area contributed by atoms with E-state index in [-0.39, 0.29) is 0 Å². The van der Waals surface area contributed by atoms with Crippen LogP contribution in [0.1, 0.15) is 6.92 Å². The van der Waals surface area contributed by atoms with Crippen molar-refractivity contribution in [2.75, 3.05) is 19.0 Å². The standard InChI is InChI=1S/C10H11Br2NO3/c1-3-16-10(14)13-6-4-7(11)9(15-2)8(12)5-6/h4-5H,3H2,1-2H3,(H,13,14). The molecule has 0 aliphatic carbocycles. The topological polar surface area (TPSA) is 47.6 Å². The second kappa shape index (κ2) is 6.10. The van der Waals surface area contributed by atoms with Crippen LogP contribution in [-0.4, -0.2) is 19.8 Å². The zero-order valence-corrected chi connectivity index (χ0v) is 12.0. The van der Waals surface area contributed by atoms with Gasteiger partial charge in [0.05, 0.1) is 22.7 Å². The largest absolute Gasteiger partial charge is 0.494 e. The molecule has 0 atom stereocenters. The van der Waals surface area contributed by atoms with Crippen molar-refractivity contribution < 1.29 is 14.3 Å². The molecule has 0 saturated heterocycles. The monoisotopic (exact) mass is 351 g/mol. The summed E-state index contributed by atoms with van der Waals surface area (Å²) in [7, 11) is 1.57. The van der Waals surface area contributed by atoms with Gasteiger partial charge in [-0.3, -0.25) is 5.32 Å². The molecule has 0 aliphatic rings. The average molecular weight is 353 g/mol. The smallest absolute Gasteiger partial charge is 0.411 e. The van der Waals surface area contributed by atoms with E-state index < -0.39 is 6.09 Å².